The molecule has 3 aliphatic rings. The van der Waals surface area contributed by atoms with E-state index in [1.807, 2.05) is 0 Å². The van der Waals surface area contributed by atoms with Crippen LogP contribution in [0.3, 0.4) is 0 Å². The Morgan fingerprint density at radius 3 is 2.47 bits per heavy atom. The number of hydrogen-bond acceptors (Lipinski definition) is 4. The maximum Gasteiger partial charge on any atom is 0.108 e. The summed E-state index contributed by atoms with van der Waals surface area (Å²) in [4.78, 5) is 0. The van der Waals surface area contributed by atoms with Crippen molar-refractivity contribution < 1.29 is 20.4 Å². The lowest BCUT2D eigenvalue weighted by molar-refractivity contribution is -0.0886. The SMILES string of the molecule is C=C1/C(=C\C=C2CCC[C@]3(C)[C@@H]([C@H](C)/C=C/C(C)(O)C(C)(C)O)CC[C@@H]23)C[C@@H](O)C[C@@H]1O. The predicted octanol–water partition coefficient (Wildman–Crippen LogP) is 4.84. The van der Waals surface area contributed by atoms with Gasteiger partial charge in [0.15, 0.2) is 0 Å². The number of allylic oxidation sites excluding steroid dienone is 4. The molecule has 0 radical (unpaired) electrons. The van der Waals surface area contributed by atoms with E-state index in [1.54, 1.807) is 26.8 Å². The topological polar surface area (TPSA) is 80.9 Å². The minimum absolute atomic E-state index is 0.218. The zero-order valence-electron chi connectivity index (χ0n) is 20.6. The molecule has 3 rings (SSSR count). The van der Waals surface area contributed by atoms with Crippen molar-refractivity contribution in [1.82, 2.24) is 0 Å². The minimum atomic E-state index is -1.26. The van der Waals surface area contributed by atoms with Crippen molar-refractivity contribution in [3.8, 4) is 0 Å². The molecule has 0 amide bonds. The van der Waals surface area contributed by atoms with Crippen molar-refractivity contribution in [2.24, 2.45) is 23.2 Å². The largest absolute Gasteiger partial charge is 0.393 e. The van der Waals surface area contributed by atoms with Crippen LogP contribution in [0.1, 0.15) is 79.6 Å². The van der Waals surface area contributed by atoms with E-state index >= 15 is 0 Å². The maximum absolute atomic E-state index is 10.6. The Morgan fingerprint density at radius 1 is 1.12 bits per heavy atom. The molecule has 0 saturated heterocycles. The Morgan fingerprint density at radius 2 is 1.81 bits per heavy atom. The first-order valence-corrected chi connectivity index (χ1v) is 12.4. The van der Waals surface area contributed by atoms with Crippen LogP contribution in [0.4, 0.5) is 0 Å². The van der Waals surface area contributed by atoms with Crippen molar-refractivity contribution in [1.29, 1.82) is 0 Å². The zero-order valence-corrected chi connectivity index (χ0v) is 20.6. The summed E-state index contributed by atoms with van der Waals surface area (Å²) in [7, 11) is 0. The van der Waals surface area contributed by atoms with E-state index in [0.29, 0.717) is 30.6 Å². The molecule has 4 N–H and O–H groups in total. The number of aliphatic hydroxyl groups is 4. The van der Waals surface area contributed by atoms with Crippen molar-refractivity contribution in [2.75, 3.05) is 0 Å². The molecule has 0 spiro atoms. The normalized spacial score (nSPS) is 39.5. The van der Waals surface area contributed by atoms with Gasteiger partial charge in [-0.1, -0.05) is 50.3 Å². The standard InChI is InChI=1S/C28H44O4/c1-18(13-15-28(6,32)26(3,4)31)23-11-12-24-20(8-7-14-27(23,24)5)9-10-21-16-22(29)17-25(30)19(21)2/h9-10,13,15,18,22-25,29-32H,2,7-8,11-12,14,16-17H2,1,3-6H3/b15-13+,20-9?,21-10-/t18-,22-,23-,24+,25+,27-,28?/m1/s1. The summed E-state index contributed by atoms with van der Waals surface area (Å²) < 4.78 is 0. The molecule has 180 valence electrons. The molecule has 0 heterocycles. The first-order valence-electron chi connectivity index (χ1n) is 12.4. The molecule has 4 nitrogen and oxygen atoms in total. The molecule has 0 aliphatic heterocycles. The second kappa shape index (κ2) is 9.21. The molecule has 0 bridgehead atoms. The summed E-state index contributed by atoms with van der Waals surface area (Å²) in [5.41, 5.74) is 0.958. The quantitative estimate of drug-likeness (QED) is 0.457. The zero-order chi connectivity index (χ0) is 23.9. The highest BCUT2D eigenvalue weighted by molar-refractivity contribution is 5.38. The van der Waals surface area contributed by atoms with Gasteiger partial charge >= 0.3 is 0 Å². The van der Waals surface area contributed by atoms with Crippen LogP contribution in [0.5, 0.6) is 0 Å². The van der Waals surface area contributed by atoms with Crippen molar-refractivity contribution in [3.05, 3.63) is 47.6 Å². The van der Waals surface area contributed by atoms with Crippen molar-refractivity contribution in [3.63, 3.8) is 0 Å². The van der Waals surface area contributed by atoms with Gasteiger partial charge in [0.2, 0.25) is 0 Å². The minimum Gasteiger partial charge on any atom is -0.393 e. The Bertz CT molecular complexity index is 797. The van der Waals surface area contributed by atoms with E-state index in [1.165, 1.54) is 24.8 Å². The molecule has 1 unspecified atom stereocenters. The van der Waals surface area contributed by atoms with Crippen LogP contribution in [0, 0.1) is 23.2 Å². The van der Waals surface area contributed by atoms with Gasteiger partial charge in [-0.05, 0) is 93.6 Å². The van der Waals surface area contributed by atoms with E-state index in [0.717, 1.165) is 24.0 Å². The summed E-state index contributed by atoms with van der Waals surface area (Å²) in [5.74, 6) is 1.39. The maximum atomic E-state index is 10.6. The molecule has 4 heteroatoms. The summed E-state index contributed by atoms with van der Waals surface area (Å²) in [5, 5.41) is 41.1. The third-order valence-electron chi connectivity index (χ3n) is 8.90. The third-order valence-corrected chi connectivity index (χ3v) is 8.90. The highest BCUT2D eigenvalue weighted by atomic mass is 16.3. The lowest BCUT2D eigenvalue weighted by Gasteiger charge is -2.44. The fourth-order valence-corrected chi connectivity index (χ4v) is 6.29. The molecular formula is C28H44O4. The first-order chi connectivity index (χ1) is 14.8. The molecule has 0 aromatic carbocycles. The molecule has 3 aliphatic carbocycles. The van der Waals surface area contributed by atoms with Gasteiger partial charge < -0.3 is 20.4 Å². The van der Waals surface area contributed by atoms with Crippen LogP contribution in [-0.4, -0.2) is 43.8 Å². The van der Waals surface area contributed by atoms with Gasteiger partial charge in [0, 0.05) is 6.42 Å². The first kappa shape index (κ1) is 25.4. The molecule has 7 atom stereocenters. The lowest BCUT2D eigenvalue weighted by Crippen LogP contribution is -2.46. The highest BCUT2D eigenvalue weighted by Gasteiger charge is 2.50. The van der Waals surface area contributed by atoms with E-state index in [2.05, 4.69) is 38.7 Å². The van der Waals surface area contributed by atoms with Crippen LogP contribution in [0.15, 0.2) is 47.6 Å². The molecule has 32 heavy (non-hydrogen) atoms. The van der Waals surface area contributed by atoms with Gasteiger partial charge in [-0.15, -0.1) is 0 Å². The predicted molar refractivity (Wildman–Crippen MR) is 130 cm³/mol. The van der Waals surface area contributed by atoms with Gasteiger partial charge in [-0.3, -0.25) is 0 Å². The Kier molecular flexibility index (Phi) is 7.32. The monoisotopic (exact) mass is 444 g/mol. The molecule has 0 aromatic heterocycles. The van der Waals surface area contributed by atoms with Gasteiger partial charge in [0.25, 0.3) is 0 Å². The molecular weight excluding hydrogens is 400 g/mol. The van der Waals surface area contributed by atoms with Crippen molar-refractivity contribution in [2.45, 2.75) is 103 Å². The summed E-state index contributed by atoms with van der Waals surface area (Å²) in [6, 6.07) is 0. The van der Waals surface area contributed by atoms with E-state index in [9.17, 15) is 20.4 Å². The fraction of sp³-hybridized carbons (Fsp3) is 0.714. The number of rotatable bonds is 5. The van der Waals surface area contributed by atoms with Crippen LogP contribution in [-0.2, 0) is 0 Å². The second-order valence-electron chi connectivity index (χ2n) is 11.6. The molecule has 3 saturated carbocycles. The fourth-order valence-electron chi connectivity index (χ4n) is 6.29. The Balaban J connectivity index is 1.78. The van der Waals surface area contributed by atoms with Crippen LogP contribution in [0.25, 0.3) is 0 Å². The van der Waals surface area contributed by atoms with Crippen LogP contribution >= 0.6 is 0 Å². The number of aliphatic hydroxyl groups excluding tert-OH is 2. The van der Waals surface area contributed by atoms with E-state index < -0.39 is 23.4 Å². The number of fused-ring (bicyclic) bond motifs is 1. The summed E-state index contributed by atoms with van der Waals surface area (Å²) in [6.07, 6.45) is 13.8. The second-order valence-corrected chi connectivity index (χ2v) is 11.6. The van der Waals surface area contributed by atoms with Crippen molar-refractivity contribution >= 4 is 0 Å². The third kappa shape index (κ3) is 4.99. The van der Waals surface area contributed by atoms with E-state index in [4.69, 9.17) is 0 Å². The lowest BCUT2D eigenvalue weighted by atomic mass is 9.61. The van der Waals surface area contributed by atoms with Gasteiger partial charge in [0.05, 0.1) is 17.8 Å². The average molecular weight is 445 g/mol. The Labute approximate surface area is 194 Å². The smallest absolute Gasteiger partial charge is 0.108 e. The number of hydrogen-bond donors (Lipinski definition) is 4. The van der Waals surface area contributed by atoms with E-state index in [-0.39, 0.29) is 5.41 Å². The van der Waals surface area contributed by atoms with Crippen LogP contribution < -0.4 is 0 Å². The molecule has 3 fully saturated rings. The summed E-state index contributed by atoms with van der Waals surface area (Å²) in [6.45, 7) is 13.7. The highest BCUT2D eigenvalue weighted by Crippen LogP contribution is 2.59. The molecule has 0 aromatic rings. The van der Waals surface area contributed by atoms with Gasteiger partial charge in [-0.25, -0.2) is 0 Å². The average Bonchev–Trinajstić information content (AvgIpc) is 3.04. The summed E-state index contributed by atoms with van der Waals surface area (Å²) >= 11 is 0. The van der Waals surface area contributed by atoms with Gasteiger partial charge in [0.1, 0.15) is 5.60 Å². The van der Waals surface area contributed by atoms with Gasteiger partial charge in [-0.2, -0.15) is 0 Å². The Hall–Kier alpha value is -1.20. The van der Waals surface area contributed by atoms with Crippen LogP contribution in [0.2, 0.25) is 0 Å².